The number of rotatable bonds is 7. The van der Waals surface area contributed by atoms with Crippen molar-refractivity contribution in [2.45, 2.75) is 26.2 Å². The van der Waals surface area contributed by atoms with Crippen molar-refractivity contribution >= 4 is 28.7 Å². The number of aryl methyl sites for hydroxylation is 1. The topological polar surface area (TPSA) is 39.9 Å². The molecule has 0 unspecified atom stereocenters. The Balaban J connectivity index is 1.80. The third kappa shape index (κ3) is 4.88. The van der Waals surface area contributed by atoms with Gasteiger partial charge < -0.3 is 4.90 Å². The zero-order valence-electron chi connectivity index (χ0n) is 16.6. The molecule has 1 aromatic heterocycles. The Morgan fingerprint density at radius 3 is 2.43 bits per heavy atom. The lowest BCUT2D eigenvalue weighted by Gasteiger charge is -2.11. The number of allylic oxidation sites excluding steroid dienone is 1. The van der Waals surface area contributed by atoms with Crippen LogP contribution in [0, 0.1) is 11.3 Å². The van der Waals surface area contributed by atoms with Gasteiger partial charge in [-0.25, -0.2) is 4.98 Å². The maximum absolute atomic E-state index is 9.62. The predicted octanol–water partition coefficient (Wildman–Crippen LogP) is 6.28. The van der Waals surface area contributed by atoms with Crippen molar-refractivity contribution in [2.24, 2.45) is 0 Å². The molecule has 0 spiro atoms. The number of thiazole rings is 1. The first kappa shape index (κ1) is 19.9. The number of nitriles is 1. The van der Waals surface area contributed by atoms with Gasteiger partial charge in [0.1, 0.15) is 11.1 Å². The van der Waals surface area contributed by atoms with E-state index in [-0.39, 0.29) is 0 Å². The van der Waals surface area contributed by atoms with Crippen molar-refractivity contribution < 1.29 is 0 Å². The van der Waals surface area contributed by atoms with Gasteiger partial charge in [0.25, 0.3) is 0 Å². The van der Waals surface area contributed by atoms with E-state index >= 15 is 0 Å². The van der Waals surface area contributed by atoms with Gasteiger partial charge >= 0.3 is 0 Å². The molecule has 1 heterocycles. The van der Waals surface area contributed by atoms with E-state index in [1.54, 1.807) is 0 Å². The van der Waals surface area contributed by atoms with Gasteiger partial charge in [0, 0.05) is 30.7 Å². The molecule has 3 rings (SSSR count). The normalized spacial score (nSPS) is 11.3. The molecule has 0 aliphatic rings. The Labute approximate surface area is 171 Å². The first-order valence-corrected chi connectivity index (χ1v) is 10.4. The number of hydrogen-bond donors (Lipinski definition) is 0. The van der Waals surface area contributed by atoms with E-state index in [1.165, 1.54) is 29.7 Å². The zero-order chi connectivity index (χ0) is 19.9. The third-order valence-electron chi connectivity index (χ3n) is 4.64. The van der Waals surface area contributed by atoms with E-state index in [0.717, 1.165) is 33.9 Å². The Hall–Kier alpha value is -2.90. The van der Waals surface area contributed by atoms with Gasteiger partial charge in [0.05, 0.1) is 11.3 Å². The van der Waals surface area contributed by atoms with Crippen molar-refractivity contribution in [2.75, 3.05) is 19.0 Å². The van der Waals surface area contributed by atoms with Crippen LogP contribution >= 0.6 is 11.3 Å². The predicted molar refractivity (Wildman–Crippen MR) is 120 cm³/mol. The number of benzene rings is 2. The Morgan fingerprint density at radius 1 is 1.11 bits per heavy atom. The highest BCUT2D eigenvalue weighted by atomic mass is 32.1. The summed E-state index contributed by atoms with van der Waals surface area (Å²) in [7, 11) is 4.03. The van der Waals surface area contributed by atoms with Gasteiger partial charge in [0.15, 0.2) is 0 Å². The van der Waals surface area contributed by atoms with E-state index in [4.69, 9.17) is 4.98 Å². The van der Waals surface area contributed by atoms with Gasteiger partial charge in [-0.15, -0.1) is 11.3 Å². The number of hydrogen-bond acceptors (Lipinski definition) is 4. The Kier molecular flexibility index (Phi) is 6.62. The summed E-state index contributed by atoms with van der Waals surface area (Å²) in [6.45, 7) is 2.21. The highest BCUT2D eigenvalue weighted by Crippen LogP contribution is 2.28. The second kappa shape index (κ2) is 9.34. The Bertz CT molecular complexity index is 974. The second-order valence-corrected chi connectivity index (χ2v) is 7.85. The standard InChI is InChI=1S/C24H25N3S/c1-4-5-6-18-7-11-20(12-8-18)23-17-28-24(26-23)21(16-25)15-19-9-13-22(14-10-19)27(2)3/h7-15,17H,4-6H2,1-3H3/b21-15-. The van der Waals surface area contributed by atoms with Crippen LogP contribution in [-0.4, -0.2) is 19.1 Å². The first-order valence-electron chi connectivity index (χ1n) is 9.55. The molecule has 0 fully saturated rings. The average molecular weight is 388 g/mol. The van der Waals surface area contributed by atoms with Crippen LogP contribution in [0.3, 0.4) is 0 Å². The van der Waals surface area contributed by atoms with E-state index in [0.29, 0.717) is 5.57 Å². The van der Waals surface area contributed by atoms with Gasteiger partial charge in [-0.05, 0) is 42.2 Å². The highest BCUT2D eigenvalue weighted by Gasteiger charge is 2.09. The summed E-state index contributed by atoms with van der Waals surface area (Å²) in [5.74, 6) is 0. The third-order valence-corrected chi connectivity index (χ3v) is 5.52. The quantitative estimate of drug-likeness (QED) is 0.448. The molecule has 0 N–H and O–H groups in total. The summed E-state index contributed by atoms with van der Waals surface area (Å²) < 4.78 is 0. The number of anilines is 1. The van der Waals surface area contributed by atoms with Gasteiger partial charge in [-0.3, -0.25) is 0 Å². The monoisotopic (exact) mass is 387 g/mol. The molecule has 0 saturated carbocycles. The fourth-order valence-corrected chi connectivity index (χ4v) is 3.72. The van der Waals surface area contributed by atoms with E-state index in [1.807, 2.05) is 49.8 Å². The molecule has 3 nitrogen and oxygen atoms in total. The summed E-state index contributed by atoms with van der Waals surface area (Å²) in [6, 6.07) is 19.1. The van der Waals surface area contributed by atoms with Crippen molar-refractivity contribution in [3.8, 4) is 17.3 Å². The molecule has 142 valence electrons. The molecular formula is C24H25N3S. The van der Waals surface area contributed by atoms with Crippen molar-refractivity contribution in [1.29, 1.82) is 5.26 Å². The zero-order valence-corrected chi connectivity index (χ0v) is 17.5. The minimum atomic E-state index is 0.591. The van der Waals surface area contributed by atoms with E-state index in [2.05, 4.69) is 42.2 Å². The van der Waals surface area contributed by atoms with E-state index in [9.17, 15) is 5.26 Å². The van der Waals surface area contributed by atoms with Crippen LogP contribution in [0.1, 0.15) is 35.9 Å². The maximum atomic E-state index is 9.62. The summed E-state index contributed by atoms with van der Waals surface area (Å²) in [4.78, 5) is 6.76. The van der Waals surface area contributed by atoms with Gasteiger partial charge in [-0.1, -0.05) is 49.7 Å². The molecule has 2 aromatic carbocycles. The van der Waals surface area contributed by atoms with Gasteiger partial charge in [-0.2, -0.15) is 5.26 Å². The smallest absolute Gasteiger partial charge is 0.134 e. The lowest BCUT2D eigenvalue weighted by molar-refractivity contribution is 0.795. The molecule has 0 bridgehead atoms. The molecule has 28 heavy (non-hydrogen) atoms. The molecule has 0 amide bonds. The molecule has 4 heteroatoms. The largest absolute Gasteiger partial charge is 0.378 e. The van der Waals surface area contributed by atoms with Crippen molar-refractivity contribution in [3.63, 3.8) is 0 Å². The van der Waals surface area contributed by atoms with Crippen LogP contribution in [-0.2, 0) is 6.42 Å². The van der Waals surface area contributed by atoms with Crippen LogP contribution in [0.15, 0.2) is 53.9 Å². The van der Waals surface area contributed by atoms with Crippen LogP contribution in [0.2, 0.25) is 0 Å². The fraction of sp³-hybridized carbons (Fsp3) is 0.250. The summed E-state index contributed by atoms with van der Waals surface area (Å²) >= 11 is 1.51. The first-order chi connectivity index (χ1) is 13.6. The number of nitrogens with zero attached hydrogens (tertiary/aromatic N) is 3. The summed E-state index contributed by atoms with van der Waals surface area (Å²) in [5.41, 5.74) is 6.10. The van der Waals surface area contributed by atoms with Gasteiger partial charge in [0.2, 0.25) is 0 Å². The number of aromatic nitrogens is 1. The van der Waals surface area contributed by atoms with E-state index < -0.39 is 0 Å². The van der Waals surface area contributed by atoms with Crippen molar-refractivity contribution in [3.05, 3.63) is 70.0 Å². The summed E-state index contributed by atoms with van der Waals surface area (Å²) in [5, 5.41) is 12.4. The molecule has 3 aromatic rings. The van der Waals surface area contributed by atoms with Crippen LogP contribution < -0.4 is 4.90 Å². The Morgan fingerprint density at radius 2 is 1.82 bits per heavy atom. The maximum Gasteiger partial charge on any atom is 0.134 e. The molecule has 0 aliphatic heterocycles. The minimum Gasteiger partial charge on any atom is -0.378 e. The molecule has 0 saturated heterocycles. The second-order valence-electron chi connectivity index (χ2n) is 6.99. The van der Waals surface area contributed by atoms with Crippen LogP contribution in [0.25, 0.3) is 22.9 Å². The summed E-state index contributed by atoms with van der Waals surface area (Å²) in [6.07, 6.45) is 5.44. The molecular weight excluding hydrogens is 362 g/mol. The average Bonchev–Trinajstić information content (AvgIpc) is 3.21. The lowest BCUT2D eigenvalue weighted by Crippen LogP contribution is -2.07. The lowest BCUT2D eigenvalue weighted by atomic mass is 10.1. The SMILES string of the molecule is CCCCc1ccc(-c2csc(/C(C#N)=C\c3ccc(N(C)C)cc3)n2)cc1. The van der Waals surface area contributed by atoms with Crippen molar-refractivity contribution in [1.82, 2.24) is 4.98 Å². The molecule has 0 atom stereocenters. The van der Waals surface area contributed by atoms with Crippen LogP contribution in [0.5, 0.6) is 0 Å². The molecule has 0 aliphatic carbocycles. The molecule has 0 radical (unpaired) electrons. The van der Waals surface area contributed by atoms with Crippen LogP contribution in [0.4, 0.5) is 5.69 Å². The minimum absolute atomic E-state index is 0.591. The highest BCUT2D eigenvalue weighted by molar-refractivity contribution is 7.11. The number of unbranched alkanes of at least 4 members (excludes halogenated alkanes) is 1. The fourth-order valence-electron chi connectivity index (χ4n) is 2.93.